The van der Waals surface area contributed by atoms with Gasteiger partial charge >= 0.3 is 0 Å². The van der Waals surface area contributed by atoms with E-state index in [0.29, 0.717) is 11.3 Å². The molecule has 11 heteroatoms. The van der Waals surface area contributed by atoms with Crippen LogP contribution >= 0.6 is 0 Å². The highest BCUT2D eigenvalue weighted by Crippen LogP contribution is 2.25. The summed E-state index contributed by atoms with van der Waals surface area (Å²) < 4.78 is 29.3. The van der Waals surface area contributed by atoms with Crippen molar-refractivity contribution in [1.82, 2.24) is 20.0 Å². The van der Waals surface area contributed by atoms with Crippen molar-refractivity contribution in [3.05, 3.63) is 53.9 Å². The Morgan fingerprint density at radius 1 is 1.23 bits per heavy atom. The fourth-order valence-corrected chi connectivity index (χ4v) is 2.74. The fourth-order valence-electron chi connectivity index (χ4n) is 2.74. The number of nitrogens with zero attached hydrogens (tertiary/aromatic N) is 7. The minimum absolute atomic E-state index is 0.0667. The molecule has 0 bridgehead atoms. The van der Waals surface area contributed by atoms with Crippen molar-refractivity contribution in [3.8, 4) is 11.3 Å². The average Bonchev–Trinajstić information content (AvgIpc) is 3.20. The SMILES string of the molecule is CCCCCn1cc(-c2cnc(N)c(C(N=NN)=Nc3cccc(F)c3F)c2)nn1. The molecule has 0 fully saturated rings. The van der Waals surface area contributed by atoms with E-state index in [1.165, 1.54) is 18.3 Å². The molecular formula is C19H21F2N9. The lowest BCUT2D eigenvalue weighted by molar-refractivity contribution is 0.510. The molecule has 3 aromatic rings. The smallest absolute Gasteiger partial charge is 0.187 e. The summed E-state index contributed by atoms with van der Waals surface area (Å²) in [4.78, 5) is 8.16. The first kappa shape index (κ1) is 21.0. The summed E-state index contributed by atoms with van der Waals surface area (Å²) in [6.07, 6.45) is 6.52. The van der Waals surface area contributed by atoms with E-state index in [0.717, 1.165) is 31.9 Å². The lowest BCUT2D eigenvalue weighted by atomic mass is 10.1. The van der Waals surface area contributed by atoms with Crippen molar-refractivity contribution in [2.75, 3.05) is 5.73 Å². The average molecular weight is 413 g/mol. The third-order valence-electron chi connectivity index (χ3n) is 4.29. The number of unbranched alkanes of at least 4 members (excludes halogenated alkanes) is 2. The normalized spacial score (nSPS) is 12.0. The van der Waals surface area contributed by atoms with E-state index < -0.39 is 11.6 Å². The highest BCUT2D eigenvalue weighted by atomic mass is 19.2. The van der Waals surface area contributed by atoms with Crippen LogP contribution in [-0.2, 0) is 6.54 Å². The van der Waals surface area contributed by atoms with Crippen molar-refractivity contribution >= 4 is 17.3 Å². The minimum atomic E-state index is -1.13. The Bertz CT molecular complexity index is 1080. The molecule has 156 valence electrons. The van der Waals surface area contributed by atoms with Gasteiger partial charge in [-0.15, -0.1) is 10.2 Å². The molecular weight excluding hydrogens is 392 g/mol. The first-order chi connectivity index (χ1) is 14.5. The molecule has 1 aromatic carbocycles. The van der Waals surface area contributed by atoms with E-state index in [4.69, 9.17) is 11.6 Å². The minimum Gasteiger partial charge on any atom is -0.383 e. The van der Waals surface area contributed by atoms with Crippen molar-refractivity contribution in [1.29, 1.82) is 0 Å². The highest BCUT2D eigenvalue weighted by Gasteiger charge is 2.15. The van der Waals surface area contributed by atoms with E-state index in [-0.39, 0.29) is 22.9 Å². The van der Waals surface area contributed by atoms with Gasteiger partial charge in [0.1, 0.15) is 17.2 Å². The number of nitrogen functional groups attached to an aromatic ring is 1. The number of nitrogens with two attached hydrogens (primary N) is 2. The number of benzene rings is 1. The Morgan fingerprint density at radius 2 is 2.07 bits per heavy atom. The molecule has 0 spiro atoms. The summed E-state index contributed by atoms with van der Waals surface area (Å²) >= 11 is 0. The van der Waals surface area contributed by atoms with Crippen LogP contribution in [-0.4, -0.2) is 25.8 Å². The van der Waals surface area contributed by atoms with Crippen molar-refractivity contribution < 1.29 is 8.78 Å². The summed E-state index contributed by atoms with van der Waals surface area (Å²) in [5.41, 5.74) is 7.10. The summed E-state index contributed by atoms with van der Waals surface area (Å²) in [5, 5.41) is 15.2. The molecule has 0 atom stereocenters. The fraction of sp³-hybridized carbons (Fsp3) is 0.263. The van der Waals surface area contributed by atoms with E-state index in [1.54, 1.807) is 16.9 Å². The predicted octanol–water partition coefficient (Wildman–Crippen LogP) is 3.79. The number of aliphatic imine (C=N–C) groups is 1. The van der Waals surface area contributed by atoms with Crippen molar-refractivity contribution in [2.45, 2.75) is 32.7 Å². The maximum atomic E-state index is 14.0. The van der Waals surface area contributed by atoms with Crippen LogP contribution < -0.4 is 11.6 Å². The first-order valence-corrected chi connectivity index (χ1v) is 9.33. The molecule has 0 aliphatic rings. The lowest BCUT2D eigenvalue weighted by Crippen LogP contribution is -2.06. The van der Waals surface area contributed by atoms with Gasteiger partial charge < -0.3 is 11.6 Å². The van der Waals surface area contributed by atoms with Gasteiger partial charge in [0.15, 0.2) is 17.5 Å². The number of aryl methyl sites for hydroxylation is 1. The second-order valence-corrected chi connectivity index (χ2v) is 6.45. The number of hydrogen-bond donors (Lipinski definition) is 2. The van der Waals surface area contributed by atoms with Crippen LogP contribution in [0.2, 0.25) is 0 Å². The van der Waals surface area contributed by atoms with E-state index in [1.807, 2.05) is 0 Å². The Kier molecular flexibility index (Phi) is 6.73. The first-order valence-electron chi connectivity index (χ1n) is 9.33. The predicted molar refractivity (Wildman–Crippen MR) is 109 cm³/mol. The molecule has 0 radical (unpaired) electrons. The second-order valence-electron chi connectivity index (χ2n) is 6.45. The zero-order valence-corrected chi connectivity index (χ0v) is 16.3. The van der Waals surface area contributed by atoms with Crippen LogP contribution in [0.3, 0.4) is 0 Å². The van der Waals surface area contributed by atoms with Crippen LogP contribution in [0.15, 0.2) is 52.0 Å². The van der Waals surface area contributed by atoms with Crippen LogP contribution in [0.4, 0.5) is 20.3 Å². The quantitative estimate of drug-likeness (QED) is 0.152. The molecule has 4 N–H and O–H groups in total. The Labute approximate surface area is 171 Å². The molecule has 0 saturated carbocycles. The number of anilines is 1. The number of hydrogen-bond acceptors (Lipinski definition) is 6. The largest absolute Gasteiger partial charge is 0.383 e. The molecule has 9 nitrogen and oxygen atoms in total. The van der Waals surface area contributed by atoms with Gasteiger partial charge in [0.05, 0.1) is 11.8 Å². The zero-order chi connectivity index (χ0) is 21.5. The maximum Gasteiger partial charge on any atom is 0.187 e. The Morgan fingerprint density at radius 3 is 2.83 bits per heavy atom. The Balaban J connectivity index is 1.98. The Hall–Kier alpha value is -3.76. The summed E-state index contributed by atoms with van der Waals surface area (Å²) in [5.74, 6) is 2.95. The molecule has 0 aliphatic carbocycles. The molecule has 2 heterocycles. The van der Waals surface area contributed by atoms with Gasteiger partial charge in [-0.25, -0.2) is 18.8 Å². The number of rotatable bonds is 7. The standard InChI is InChI=1S/C19H21F2N9/c1-2-3-4-8-30-11-16(26-29-30)12-9-13(18(22)24-10-12)19(27-28-23)25-15-7-5-6-14(20)17(15)21/h5-7,9-11H,2-4,8H2,1H3,(H2,22,24)(H2,23,25,27). The number of aromatic nitrogens is 4. The third kappa shape index (κ3) is 4.80. The molecule has 30 heavy (non-hydrogen) atoms. The molecule has 3 rings (SSSR count). The van der Waals surface area contributed by atoms with Crippen molar-refractivity contribution in [2.24, 2.45) is 21.2 Å². The second kappa shape index (κ2) is 9.63. The molecule has 0 aliphatic heterocycles. The van der Waals surface area contributed by atoms with Gasteiger partial charge in [-0.2, -0.15) is 0 Å². The van der Waals surface area contributed by atoms with Crippen LogP contribution in [0.5, 0.6) is 0 Å². The van der Waals surface area contributed by atoms with Gasteiger partial charge in [0, 0.05) is 18.3 Å². The van der Waals surface area contributed by atoms with Crippen molar-refractivity contribution in [3.63, 3.8) is 0 Å². The van der Waals surface area contributed by atoms with Gasteiger partial charge in [-0.05, 0) is 24.6 Å². The summed E-state index contributed by atoms with van der Waals surface area (Å²) in [6, 6.07) is 5.22. The molecule has 2 aromatic heterocycles. The maximum absolute atomic E-state index is 14.0. The highest BCUT2D eigenvalue weighted by molar-refractivity contribution is 6.04. The van der Waals surface area contributed by atoms with E-state index >= 15 is 0 Å². The van der Waals surface area contributed by atoms with Crippen LogP contribution in [0.25, 0.3) is 11.3 Å². The van der Waals surface area contributed by atoms with Gasteiger partial charge in [-0.1, -0.05) is 36.3 Å². The summed E-state index contributed by atoms with van der Waals surface area (Å²) in [6.45, 7) is 2.88. The topological polar surface area (TPSA) is 133 Å². The molecule has 0 unspecified atom stereocenters. The van der Waals surface area contributed by atoms with Crippen LogP contribution in [0, 0.1) is 11.6 Å². The van der Waals surface area contributed by atoms with E-state index in [2.05, 4.69) is 37.5 Å². The third-order valence-corrected chi connectivity index (χ3v) is 4.29. The van der Waals surface area contributed by atoms with Gasteiger partial charge in [0.2, 0.25) is 0 Å². The molecule has 0 saturated heterocycles. The number of pyridine rings is 1. The summed E-state index contributed by atoms with van der Waals surface area (Å²) in [7, 11) is 0. The van der Waals surface area contributed by atoms with E-state index in [9.17, 15) is 8.78 Å². The van der Waals surface area contributed by atoms with Crippen LogP contribution in [0.1, 0.15) is 31.7 Å². The zero-order valence-electron chi connectivity index (χ0n) is 16.3. The monoisotopic (exact) mass is 413 g/mol. The number of amidine groups is 1. The molecule has 0 amide bonds. The lowest BCUT2D eigenvalue weighted by Gasteiger charge is -2.06. The van der Waals surface area contributed by atoms with Gasteiger partial charge in [-0.3, -0.25) is 4.68 Å². The van der Waals surface area contributed by atoms with Gasteiger partial charge in [0.25, 0.3) is 0 Å². The number of halogens is 2.